The van der Waals surface area contributed by atoms with Crippen LogP contribution in [0.2, 0.25) is 0 Å². The Bertz CT molecular complexity index is 297. The minimum Gasteiger partial charge on any atom is -0.394 e. The molecule has 1 aromatic heterocycles. The van der Waals surface area contributed by atoms with Crippen LogP contribution in [-0.4, -0.2) is 32.5 Å². The average Bonchev–Trinajstić information content (AvgIpc) is 2.47. The van der Waals surface area contributed by atoms with E-state index in [0.717, 1.165) is 12.2 Å². The van der Waals surface area contributed by atoms with Crippen LogP contribution in [0, 0.1) is 13.8 Å². The molecule has 0 aliphatic heterocycles. The van der Waals surface area contributed by atoms with Crippen LogP contribution in [0.4, 0.5) is 0 Å². The molecule has 80 valence electrons. The number of aromatic nitrogens is 3. The molecule has 1 rings (SSSR count). The predicted octanol–water partition coefficient (Wildman–Crippen LogP) is 0.166. The minimum absolute atomic E-state index is 0.00134. The van der Waals surface area contributed by atoms with Crippen molar-refractivity contribution in [3.63, 3.8) is 0 Å². The second kappa shape index (κ2) is 4.52. The van der Waals surface area contributed by atoms with Gasteiger partial charge in [-0.25, -0.2) is 9.67 Å². The molecule has 0 aromatic carbocycles. The fraction of sp³-hybridized carbons (Fsp3) is 0.778. The lowest BCUT2D eigenvalue weighted by molar-refractivity contribution is 0.192. The van der Waals surface area contributed by atoms with Crippen molar-refractivity contribution >= 4 is 0 Å². The van der Waals surface area contributed by atoms with Crippen LogP contribution >= 0.6 is 0 Å². The van der Waals surface area contributed by atoms with Crippen LogP contribution in [0.5, 0.6) is 0 Å². The number of rotatable bonds is 4. The summed E-state index contributed by atoms with van der Waals surface area (Å²) in [5, 5.41) is 13.5. The summed E-state index contributed by atoms with van der Waals surface area (Å²) >= 11 is 0. The first-order chi connectivity index (χ1) is 6.60. The summed E-state index contributed by atoms with van der Waals surface area (Å²) in [4.78, 5) is 4.18. The second-order valence-electron chi connectivity index (χ2n) is 3.47. The van der Waals surface area contributed by atoms with Crippen molar-refractivity contribution in [1.82, 2.24) is 14.8 Å². The lowest BCUT2D eigenvalue weighted by Gasteiger charge is -2.21. The highest BCUT2D eigenvalue weighted by Gasteiger charge is 2.20. The van der Waals surface area contributed by atoms with E-state index < -0.39 is 0 Å². The average molecular weight is 198 g/mol. The smallest absolute Gasteiger partial charge is 0.147 e. The molecule has 1 heterocycles. The Kier molecular flexibility index (Phi) is 3.60. The zero-order valence-corrected chi connectivity index (χ0v) is 8.94. The van der Waals surface area contributed by atoms with Gasteiger partial charge in [0.15, 0.2) is 0 Å². The highest BCUT2D eigenvalue weighted by atomic mass is 16.3. The maximum atomic E-state index is 9.25. The van der Waals surface area contributed by atoms with Gasteiger partial charge in [-0.1, -0.05) is 6.92 Å². The standard InChI is InChI=1S/C9H18N4O/c1-4-8(10)9(5-14)13-7(3)11-6(2)12-13/h8-9,14H,4-5,10H2,1-3H3. The maximum Gasteiger partial charge on any atom is 0.147 e. The van der Waals surface area contributed by atoms with Crippen LogP contribution in [0.25, 0.3) is 0 Å². The van der Waals surface area contributed by atoms with Crippen molar-refractivity contribution < 1.29 is 5.11 Å². The third-order valence-corrected chi connectivity index (χ3v) is 2.37. The van der Waals surface area contributed by atoms with E-state index in [1.165, 1.54) is 0 Å². The fourth-order valence-corrected chi connectivity index (χ4v) is 1.52. The SMILES string of the molecule is CCC(N)C(CO)n1nc(C)nc1C. The monoisotopic (exact) mass is 198 g/mol. The van der Waals surface area contributed by atoms with Gasteiger partial charge >= 0.3 is 0 Å². The van der Waals surface area contributed by atoms with Crippen molar-refractivity contribution in [3.8, 4) is 0 Å². The molecule has 0 saturated carbocycles. The Morgan fingerprint density at radius 3 is 2.50 bits per heavy atom. The van der Waals surface area contributed by atoms with E-state index in [9.17, 15) is 5.11 Å². The highest BCUT2D eigenvalue weighted by molar-refractivity contribution is 4.92. The minimum atomic E-state index is -0.166. The van der Waals surface area contributed by atoms with E-state index in [1.54, 1.807) is 4.68 Å². The molecule has 1 aromatic rings. The van der Waals surface area contributed by atoms with Crippen molar-refractivity contribution in [3.05, 3.63) is 11.6 Å². The molecule has 0 bridgehead atoms. The third kappa shape index (κ3) is 2.10. The second-order valence-corrected chi connectivity index (χ2v) is 3.47. The van der Waals surface area contributed by atoms with Gasteiger partial charge in [0.2, 0.25) is 0 Å². The Balaban J connectivity index is 2.94. The topological polar surface area (TPSA) is 77.0 Å². The maximum absolute atomic E-state index is 9.25. The van der Waals surface area contributed by atoms with Gasteiger partial charge in [0.25, 0.3) is 0 Å². The van der Waals surface area contributed by atoms with Crippen molar-refractivity contribution in [2.75, 3.05) is 6.61 Å². The number of aliphatic hydroxyl groups excluding tert-OH is 1. The van der Waals surface area contributed by atoms with Gasteiger partial charge in [0, 0.05) is 6.04 Å². The predicted molar refractivity (Wildman–Crippen MR) is 53.9 cm³/mol. The van der Waals surface area contributed by atoms with E-state index in [1.807, 2.05) is 20.8 Å². The summed E-state index contributed by atoms with van der Waals surface area (Å²) in [6, 6.07) is -0.249. The largest absolute Gasteiger partial charge is 0.394 e. The van der Waals surface area contributed by atoms with Crippen molar-refractivity contribution in [2.45, 2.75) is 39.3 Å². The molecule has 0 aliphatic carbocycles. The molecule has 0 saturated heterocycles. The third-order valence-electron chi connectivity index (χ3n) is 2.37. The first kappa shape index (κ1) is 11.1. The van der Waals surface area contributed by atoms with Gasteiger partial charge in [0.1, 0.15) is 11.6 Å². The molecule has 0 amide bonds. The van der Waals surface area contributed by atoms with Crippen molar-refractivity contribution in [2.24, 2.45) is 5.73 Å². The fourth-order valence-electron chi connectivity index (χ4n) is 1.52. The summed E-state index contributed by atoms with van der Waals surface area (Å²) in [6.07, 6.45) is 0.809. The number of aliphatic hydroxyl groups is 1. The lowest BCUT2D eigenvalue weighted by atomic mass is 10.1. The van der Waals surface area contributed by atoms with Crippen LogP contribution in [0.3, 0.4) is 0 Å². The molecule has 0 fully saturated rings. The molecular formula is C9H18N4O. The molecular weight excluding hydrogens is 180 g/mol. The van der Waals surface area contributed by atoms with E-state index in [0.29, 0.717) is 5.82 Å². The van der Waals surface area contributed by atoms with Crippen molar-refractivity contribution in [1.29, 1.82) is 0 Å². The molecule has 0 radical (unpaired) electrons. The normalized spacial score (nSPS) is 15.5. The van der Waals surface area contributed by atoms with Gasteiger partial charge in [-0.15, -0.1) is 0 Å². The quantitative estimate of drug-likeness (QED) is 0.722. The summed E-state index contributed by atoms with van der Waals surface area (Å²) in [5.74, 6) is 1.51. The summed E-state index contributed by atoms with van der Waals surface area (Å²) in [7, 11) is 0. The molecule has 0 aliphatic rings. The Hall–Kier alpha value is -0.940. The highest BCUT2D eigenvalue weighted by Crippen LogP contribution is 2.13. The van der Waals surface area contributed by atoms with Crippen LogP contribution in [-0.2, 0) is 0 Å². The zero-order valence-electron chi connectivity index (χ0n) is 8.94. The number of hydrogen-bond acceptors (Lipinski definition) is 4. The van der Waals surface area contributed by atoms with Gasteiger partial charge in [0.05, 0.1) is 12.6 Å². The summed E-state index contributed by atoms with van der Waals surface area (Å²) in [6.45, 7) is 5.69. The number of aryl methyl sites for hydroxylation is 2. The number of nitrogens with two attached hydrogens (primary N) is 1. The first-order valence-electron chi connectivity index (χ1n) is 4.86. The molecule has 5 nitrogen and oxygen atoms in total. The first-order valence-corrected chi connectivity index (χ1v) is 4.86. The number of hydrogen-bond donors (Lipinski definition) is 2. The van der Waals surface area contributed by atoms with Crippen LogP contribution < -0.4 is 5.73 Å². The van der Waals surface area contributed by atoms with E-state index >= 15 is 0 Å². The van der Waals surface area contributed by atoms with Crippen LogP contribution in [0.1, 0.15) is 31.0 Å². The Morgan fingerprint density at radius 1 is 1.50 bits per heavy atom. The van der Waals surface area contributed by atoms with Gasteiger partial charge in [-0.05, 0) is 20.3 Å². The summed E-state index contributed by atoms with van der Waals surface area (Å²) in [5.41, 5.74) is 5.89. The number of nitrogens with zero attached hydrogens (tertiary/aromatic N) is 3. The van der Waals surface area contributed by atoms with E-state index in [-0.39, 0.29) is 18.7 Å². The molecule has 5 heteroatoms. The molecule has 2 unspecified atom stereocenters. The molecule has 0 spiro atoms. The lowest BCUT2D eigenvalue weighted by Crippen LogP contribution is -2.35. The molecule has 3 N–H and O–H groups in total. The van der Waals surface area contributed by atoms with Gasteiger partial charge < -0.3 is 10.8 Å². The van der Waals surface area contributed by atoms with Gasteiger partial charge in [-0.3, -0.25) is 0 Å². The van der Waals surface area contributed by atoms with E-state index in [2.05, 4.69) is 10.1 Å². The Morgan fingerprint density at radius 2 is 2.14 bits per heavy atom. The van der Waals surface area contributed by atoms with Crippen LogP contribution in [0.15, 0.2) is 0 Å². The summed E-state index contributed by atoms with van der Waals surface area (Å²) < 4.78 is 1.71. The molecule has 14 heavy (non-hydrogen) atoms. The van der Waals surface area contributed by atoms with Gasteiger partial charge in [-0.2, -0.15) is 5.10 Å². The molecule has 2 atom stereocenters. The zero-order chi connectivity index (χ0) is 10.7. The Labute approximate surface area is 83.9 Å². The van der Waals surface area contributed by atoms with E-state index in [4.69, 9.17) is 5.73 Å².